The third-order valence-corrected chi connectivity index (χ3v) is 0.675. The van der Waals surface area contributed by atoms with Crippen LogP contribution in [0.15, 0.2) is 4.99 Å². The van der Waals surface area contributed by atoms with Gasteiger partial charge in [0.15, 0.2) is 5.84 Å². The van der Waals surface area contributed by atoms with Crippen molar-refractivity contribution in [2.45, 2.75) is 0 Å². The quantitative estimate of drug-likeness (QED) is 0.379. The van der Waals surface area contributed by atoms with Gasteiger partial charge in [-0.2, -0.15) is 4.99 Å². The van der Waals surface area contributed by atoms with Gasteiger partial charge in [0.25, 0.3) is 5.91 Å². The van der Waals surface area contributed by atoms with Crippen molar-refractivity contribution in [3.8, 4) is 0 Å². The molecule has 6 nitrogen and oxygen atoms in total. The van der Waals surface area contributed by atoms with Gasteiger partial charge in [0.2, 0.25) is 0 Å². The molecule has 0 spiro atoms. The van der Waals surface area contributed by atoms with Crippen molar-refractivity contribution < 1.29 is 9.59 Å². The predicted molar refractivity (Wildman–Crippen MR) is 30.2 cm³/mol. The highest BCUT2D eigenvalue weighted by Gasteiger charge is 2.18. The van der Waals surface area contributed by atoms with Crippen LogP contribution in [0.3, 0.4) is 0 Å². The summed E-state index contributed by atoms with van der Waals surface area (Å²) in [5.74, 6) is -0.884. The Bertz CT molecular complexity index is 184. The van der Waals surface area contributed by atoms with Crippen LogP contribution in [-0.2, 0) is 4.79 Å². The highest BCUT2D eigenvalue weighted by atomic mass is 16.2. The van der Waals surface area contributed by atoms with Crippen LogP contribution in [0.25, 0.3) is 0 Å². The molecule has 3 amide bonds. The largest absolute Gasteiger partial charge is 0.379 e. The number of aliphatic imine (C=N–C) groups is 1. The highest BCUT2D eigenvalue weighted by Crippen LogP contribution is 1.83. The summed E-state index contributed by atoms with van der Waals surface area (Å²) in [6, 6.07) is -0.688. The van der Waals surface area contributed by atoms with E-state index in [1.807, 2.05) is 5.32 Å². The zero-order valence-corrected chi connectivity index (χ0v) is 4.55. The Morgan fingerprint density at radius 1 is 1.44 bits per heavy atom. The van der Waals surface area contributed by atoms with E-state index in [0.29, 0.717) is 0 Å². The predicted octanol–water partition coefficient (Wildman–Crippen LogP) is -1.24. The normalized spacial score (nSPS) is 16.2. The van der Waals surface area contributed by atoms with Gasteiger partial charge in [-0.05, 0) is 0 Å². The van der Waals surface area contributed by atoms with Crippen molar-refractivity contribution >= 4 is 17.8 Å². The summed E-state index contributed by atoms with van der Waals surface area (Å²) in [4.78, 5) is 23.3. The molecule has 0 bridgehead atoms. The van der Waals surface area contributed by atoms with Gasteiger partial charge in [-0.25, -0.2) is 4.79 Å². The second-order valence-electron chi connectivity index (χ2n) is 1.26. The van der Waals surface area contributed by atoms with Crippen LogP contribution in [0.2, 0.25) is 0 Å². The van der Waals surface area contributed by atoms with Crippen LogP contribution in [0.4, 0.5) is 4.79 Å². The van der Waals surface area contributed by atoms with Crippen molar-refractivity contribution in [2.75, 3.05) is 0 Å². The van der Waals surface area contributed by atoms with Gasteiger partial charge in [-0.1, -0.05) is 0 Å². The fraction of sp³-hybridized carbons (Fsp3) is 0. The van der Waals surface area contributed by atoms with Crippen LogP contribution in [0, 0.1) is 0 Å². The molecular weight excluding hydrogens is 124 g/mol. The zero-order valence-electron chi connectivity index (χ0n) is 4.55. The van der Waals surface area contributed by atoms with E-state index in [0.717, 1.165) is 0 Å². The monoisotopic (exact) mass is 130 g/mol. The second-order valence-corrected chi connectivity index (χ2v) is 1.26. The van der Waals surface area contributed by atoms with E-state index in [9.17, 15) is 9.59 Å². The molecule has 0 aromatic heterocycles. The first-order valence-electron chi connectivity index (χ1n) is 1.89. The SMILES string of the molecule is N.NC1=NC(=O)NC1=O. The summed E-state index contributed by atoms with van der Waals surface area (Å²) in [5.41, 5.74) is 4.89. The first-order chi connectivity index (χ1) is 3.70. The second kappa shape index (κ2) is 2.23. The molecule has 9 heavy (non-hydrogen) atoms. The number of nitrogens with two attached hydrogens (primary N) is 1. The average molecular weight is 130 g/mol. The maximum atomic E-state index is 10.2. The number of amides is 3. The maximum absolute atomic E-state index is 10.2. The Hall–Kier alpha value is -1.43. The van der Waals surface area contributed by atoms with E-state index < -0.39 is 11.9 Å². The molecule has 1 aliphatic rings. The Morgan fingerprint density at radius 3 is 2.11 bits per heavy atom. The van der Waals surface area contributed by atoms with Gasteiger partial charge >= 0.3 is 6.03 Å². The molecule has 6 heteroatoms. The lowest BCUT2D eigenvalue weighted by Gasteiger charge is -1.81. The third kappa shape index (κ3) is 1.23. The molecular formula is C3H6N4O2. The van der Waals surface area contributed by atoms with Crippen molar-refractivity contribution in [2.24, 2.45) is 10.7 Å². The summed E-state index contributed by atoms with van der Waals surface area (Å²) in [6.07, 6.45) is 0. The number of carbonyl (C=O) groups excluding carboxylic acids is 2. The number of imide groups is 1. The van der Waals surface area contributed by atoms with Crippen molar-refractivity contribution in [1.29, 1.82) is 0 Å². The third-order valence-electron chi connectivity index (χ3n) is 0.675. The van der Waals surface area contributed by atoms with Crippen LogP contribution >= 0.6 is 0 Å². The summed E-state index contributed by atoms with van der Waals surface area (Å²) in [5, 5.41) is 1.86. The fourth-order valence-electron chi connectivity index (χ4n) is 0.349. The number of carbonyl (C=O) groups is 2. The number of nitrogens with zero attached hydrogens (tertiary/aromatic N) is 1. The van der Waals surface area contributed by atoms with Gasteiger partial charge in [-0.3, -0.25) is 10.1 Å². The molecule has 0 radical (unpaired) electrons. The number of amidine groups is 1. The van der Waals surface area contributed by atoms with Crippen LogP contribution < -0.4 is 17.2 Å². The lowest BCUT2D eigenvalue weighted by atomic mass is 10.6. The molecule has 0 aromatic carbocycles. The molecule has 0 saturated carbocycles. The first-order valence-corrected chi connectivity index (χ1v) is 1.89. The molecule has 0 fully saturated rings. The standard InChI is InChI=1S/C3H3N3O2.H3N/c4-1-2(7)6-3(8)5-1;/h(H3,4,5,6,7,8);1H3. The van der Waals surface area contributed by atoms with E-state index in [1.54, 1.807) is 0 Å². The van der Waals surface area contributed by atoms with E-state index in [4.69, 9.17) is 5.73 Å². The molecule has 6 N–H and O–H groups in total. The number of rotatable bonds is 0. The number of nitrogens with one attached hydrogen (secondary N) is 1. The number of urea groups is 1. The minimum absolute atomic E-state index is 0. The van der Waals surface area contributed by atoms with E-state index in [2.05, 4.69) is 4.99 Å². The molecule has 1 aliphatic heterocycles. The molecule has 0 aliphatic carbocycles. The van der Waals surface area contributed by atoms with Crippen molar-refractivity contribution in [3.63, 3.8) is 0 Å². The van der Waals surface area contributed by atoms with Gasteiger partial charge in [0, 0.05) is 0 Å². The van der Waals surface area contributed by atoms with E-state index in [1.165, 1.54) is 0 Å². The van der Waals surface area contributed by atoms with Gasteiger partial charge < -0.3 is 11.9 Å². The average Bonchev–Trinajstić information content (AvgIpc) is 1.85. The van der Waals surface area contributed by atoms with Crippen LogP contribution in [-0.4, -0.2) is 17.8 Å². The van der Waals surface area contributed by atoms with Crippen LogP contribution in [0.5, 0.6) is 0 Å². The molecule has 1 rings (SSSR count). The number of hydrogen-bond donors (Lipinski definition) is 3. The molecule has 0 saturated heterocycles. The Labute approximate surface area is 50.7 Å². The van der Waals surface area contributed by atoms with E-state index >= 15 is 0 Å². The van der Waals surface area contributed by atoms with Gasteiger partial charge in [0.05, 0.1) is 0 Å². The maximum Gasteiger partial charge on any atom is 0.350 e. The van der Waals surface area contributed by atoms with Gasteiger partial charge in [-0.15, -0.1) is 0 Å². The van der Waals surface area contributed by atoms with Crippen molar-refractivity contribution in [3.05, 3.63) is 0 Å². The van der Waals surface area contributed by atoms with Crippen LogP contribution in [0.1, 0.15) is 0 Å². The molecule has 50 valence electrons. The summed E-state index contributed by atoms with van der Waals surface area (Å²) in [7, 11) is 0. The fourth-order valence-corrected chi connectivity index (χ4v) is 0.349. The Balaban J connectivity index is 0.000000640. The lowest BCUT2D eigenvalue weighted by Crippen LogP contribution is -2.29. The smallest absolute Gasteiger partial charge is 0.350 e. The Kier molecular flexibility index (Phi) is 1.87. The minimum atomic E-state index is -0.688. The lowest BCUT2D eigenvalue weighted by molar-refractivity contribution is -0.113. The van der Waals surface area contributed by atoms with Gasteiger partial charge in [0.1, 0.15) is 0 Å². The molecule has 0 unspecified atom stereocenters. The highest BCUT2D eigenvalue weighted by molar-refractivity contribution is 6.44. The minimum Gasteiger partial charge on any atom is -0.379 e. The van der Waals surface area contributed by atoms with E-state index in [-0.39, 0.29) is 12.0 Å². The number of hydrogen-bond acceptors (Lipinski definition) is 4. The molecule has 1 heterocycles. The summed E-state index contributed by atoms with van der Waals surface area (Å²) in [6.45, 7) is 0. The zero-order chi connectivity index (χ0) is 6.15. The first kappa shape index (κ1) is 7.57. The van der Waals surface area contributed by atoms with Crippen molar-refractivity contribution in [1.82, 2.24) is 11.5 Å². The summed E-state index contributed by atoms with van der Waals surface area (Å²) >= 11 is 0. The topological polar surface area (TPSA) is 120 Å². The summed E-state index contributed by atoms with van der Waals surface area (Å²) < 4.78 is 0. The Morgan fingerprint density at radius 2 is 2.00 bits per heavy atom. The molecule has 0 atom stereocenters. The molecule has 0 aromatic rings.